The summed E-state index contributed by atoms with van der Waals surface area (Å²) in [7, 11) is -3.56. The molecule has 5 nitrogen and oxygen atoms in total. The van der Waals surface area contributed by atoms with Crippen LogP contribution < -0.4 is 10.5 Å². The van der Waals surface area contributed by atoms with Gasteiger partial charge in [0.15, 0.2) is 0 Å². The monoisotopic (exact) mass is 284 g/mol. The van der Waals surface area contributed by atoms with E-state index in [1.165, 1.54) is 0 Å². The van der Waals surface area contributed by atoms with Crippen LogP contribution in [0.1, 0.15) is 25.3 Å². The van der Waals surface area contributed by atoms with Gasteiger partial charge in [0.2, 0.25) is 10.0 Å². The number of sulfonamides is 1. The Bertz CT molecular complexity index is 557. The molecule has 1 aromatic rings. The second kappa shape index (κ2) is 5.48. The molecule has 1 aliphatic rings. The van der Waals surface area contributed by atoms with Crippen LogP contribution >= 0.6 is 0 Å². The normalized spacial score (nSPS) is 24.3. The molecule has 1 aromatic carbocycles. The lowest BCUT2D eigenvalue weighted by Gasteiger charge is -2.27. The van der Waals surface area contributed by atoms with Gasteiger partial charge in [0, 0.05) is 12.6 Å². The molecular formula is C13H20N2O3S. The van der Waals surface area contributed by atoms with Gasteiger partial charge >= 0.3 is 0 Å². The maximum absolute atomic E-state index is 12.3. The van der Waals surface area contributed by atoms with Crippen molar-refractivity contribution in [2.45, 2.75) is 43.7 Å². The number of aryl methyl sites for hydroxylation is 1. The summed E-state index contributed by atoms with van der Waals surface area (Å²) in [5.41, 5.74) is 7.02. The van der Waals surface area contributed by atoms with Crippen molar-refractivity contribution in [3.8, 4) is 0 Å². The first-order valence-electron chi connectivity index (χ1n) is 6.38. The number of rotatable bonds is 3. The van der Waals surface area contributed by atoms with Crippen LogP contribution in [0.4, 0.5) is 5.69 Å². The minimum Gasteiger partial charge on any atom is -0.398 e. The van der Waals surface area contributed by atoms with Crippen LogP contribution in [0.25, 0.3) is 0 Å². The lowest BCUT2D eigenvalue weighted by atomic mass is 10.1. The summed E-state index contributed by atoms with van der Waals surface area (Å²) in [6.45, 7) is 4.40. The quantitative estimate of drug-likeness (QED) is 0.823. The first-order chi connectivity index (χ1) is 8.88. The lowest BCUT2D eigenvalue weighted by Crippen LogP contribution is -2.41. The summed E-state index contributed by atoms with van der Waals surface area (Å²) in [5, 5.41) is 0. The van der Waals surface area contributed by atoms with Gasteiger partial charge in [-0.1, -0.05) is 6.07 Å². The van der Waals surface area contributed by atoms with Gasteiger partial charge in [0.1, 0.15) is 4.90 Å². The molecule has 0 amide bonds. The Hall–Kier alpha value is -1.11. The van der Waals surface area contributed by atoms with Gasteiger partial charge in [-0.3, -0.25) is 0 Å². The molecule has 0 aromatic heterocycles. The molecule has 1 saturated heterocycles. The maximum Gasteiger partial charge on any atom is 0.242 e. The van der Waals surface area contributed by atoms with Crippen LogP contribution in [0.3, 0.4) is 0 Å². The number of hydrogen-bond acceptors (Lipinski definition) is 4. The molecule has 0 saturated carbocycles. The van der Waals surface area contributed by atoms with Crippen LogP contribution in [0.15, 0.2) is 23.1 Å². The van der Waals surface area contributed by atoms with Crippen molar-refractivity contribution in [3.63, 3.8) is 0 Å². The van der Waals surface area contributed by atoms with E-state index >= 15 is 0 Å². The van der Waals surface area contributed by atoms with E-state index in [1.54, 1.807) is 18.2 Å². The fraction of sp³-hybridized carbons (Fsp3) is 0.538. The molecule has 3 N–H and O–H groups in total. The molecule has 6 heteroatoms. The number of benzene rings is 1. The Morgan fingerprint density at radius 3 is 2.79 bits per heavy atom. The van der Waals surface area contributed by atoms with Crippen molar-refractivity contribution in [2.75, 3.05) is 12.3 Å². The van der Waals surface area contributed by atoms with Gasteiger partial charge in [-0.2, -0.15) is 0 Å². The van der Waals surface area contributed by atoms with Crippen LogP contribution in [0.5, 0.6) is 0 Å². The average Bonchev–Trinajstić information content (AvgIpc) is 2.27. The Morgan fingerprint density at radius 2 is 2.16 bits per heavy atom. The highest BCUT2D eigenvalue weighted by atomic mass is 32.2. The second-order valence-corrected chi connectivity index (χ2v) is 6.75. The molecule has 0 radical (unpaired) electrons. The van der Waals surface area contributed by atoms with Crippen molar-refractivity contribution in [1.82, 2.24) is 4.72 Å². The number of nitrogens with two attached hydrogens (primary N) is 1. The molecule has 1 fully saturated rings. The highest BCUT2D eigenvalue weighted by Crippen LogP contribution is 2.21. The van der Waals surface area contributed by atoms with E-state index in [-0.39, 0.29) is 22.7 Å². The third-order valence-corrected chi connectivity index (χ3v) is 4.86. The molecule has 106 valence electrons. The minimum absolute atomic E-state index is 0.0804. The van der Waals surface area contributed by atoms with Crippen molar-refractivity contribution in [2.24, 2.45) is 0 Å². The zero-order chi connectivity index (χ0) is 14.0. The predicted molar refractivity (Wildman–Crippen MR) is 74.3 cm³/mol. The van der Waals surface area contributed by atoms with E-state index in [4.69, 9.17) is 10.5 Å². The van der Waals surface area contributed by atoms with Crippen molar-refractivity contribution in [1.29, 1.82) is 0 Å². The first-order valence-corrected chi connectivity index (χ1v) is 7.87. The van der Waals surface area contributed by atoms with E-state index in [2.05, 4.69) is 4.72 Å². The highest BCUT2D eigenvalue weighted by Gasteiger charge is 2.26. The fourth-order valence-electron chi connectivity index (χ4n) is 2.30. The molecule has 19 heavy (non-hydrogen) atoms. The van der Waals surface area contributed by atoms with Gasteiger partial charge < -0.3 is 10.5 Å². The first kappa shape index (κ1) is 14.3. The van der Waals surface area contributed by atoms with Crippen molar-refractivity contribution >= 4 is 15.7 Å². The van der Waals surface area contributed by atoms with Gasteiger partial charge in [-0.25, -0.2) is 13.1 Å². The molecular weight excluding hydrogens is 264 g/mol. The maximum atomic E-state index is 12.3. The van der Waals surface area contributed by atoms with E-state index in [0.717, 1.165) is 5.56 Å². The molecule has 2 unspecified atom stereocenters. The number of nitrogen functional groups attached to an aromatic ring is 1. The van der Waals surface area contributed by atoms with E-state index < -0.39 is 10.0 Å². The van der Waals surface area contributed by atoms with Gasteiger partial charge in [-0.05, 0) is 44.4 Å². The zero-order valence-corrected chi connectivity index (χ0v) is 12.0. The zero-order valence-electron chi connectivity index (χ0n) is 11.2. The summed E-state index contributed by atoms with van der Waals surface area (Å²) in [4.78, 5) is 0.150. The summed E-state index contributed by atoms with van der Waals surface area (Å²) in [5.74, 6) is 0. The van der Waals surface area contributed by atoms with E-state index in [9.17, 15) is 8.42 Å². The molecule has 0 bridgehead atoms. The molecule has 0 spiro atoms. The van der Waals surface area contributed by atoms with Crippen LogP contribution in [-0.2, 0) is 14.8 Å². The summed E-state index contributed by atoms with van der Waals surface area (Å²) in [6, 6.07) is 4.88. The molecule has 1 heterocycles. The van der Waals surface area contributed by atoms with Gasteiger partial charge in [0.25, 0.3) is 0 Å². The summed E-state index contributed by atoms with van der Waals surface area (Å²) >= 11 is 0. The standard InChI is InChI=1S/C13H20N2O3S/c1-9-3-4-13(12(14)7-9)19(16,17)15-11-5-6-18-10(2)8-11/h3-4,7,10-11,15H,5-6,8,14H2,1-2H3. The minimum atomic E-state index is -3.56. The summed E-state index contributed by atoms with van der Waals surface area (Å²) in [6.07, 6.45) is 1.46. The third-order valence-electron chi connectivity index (χ3n) is 3.26. The Balaban J connectivity index is 2.18. The molecule has 1 aliphatic heterocycles. The van der Waals surface area contributed by atoms with Crippen LogP contribution in [-0.4, -0.2) is 27.2 Å². The molecule has 2 atom stereocenters. The van der Waals surface area contributed by atoms with Gasteiger partial charge in [-0.15, -0.1) is 0 Å². The van der Waals surface area contributed by atoms with E-state index in [0.29, 0.717) is 19.4 Å². The fourth-order valence-corrected chi connectivity index (χ4v) is 3.70. The third kappa shape index (κ3) is 3.46. The Labute approximate surface area is 114 Å². The SMILES string of the molecule is Cc1ccc(S(=O)(=O)NC2CCOC(C)C2)c(N)c1. The largest absolute Gasteiger partial charge is 0.398 e. The second-order valence-electron chi connectivity index (χ2n) is 5.07. The Kier molecular flexibility index (Phi) is 4.13. The van der Waals surface area contributed by atoms with Crippen LogP contribution in [0, 0.1) is 6.92 Å². The number of ether oxygens (including phenoxy) is 1. The van der Waals surface area contributed by atoms with Gasteiger partial charge in [0.05, 0.1) is 11.8 Å². The molecule has 2 rings (SSSR count). The number of hydrogen-bond donors (Lipinski definition) is 2. The predicted octanol–water partition coefficient (Wildman–Crippen LogP) is 1.42. The smallest absolute Gasteiger partial charge is 0.242 e. The Morgan fingerprint density at radius 1 is 1.42 bits per heavy atom. The average molecular weight is 284 g/mol. The topological polar surface area (TPSA) is 81.4 Å². The van der Waals surface area contributed by atoms with Crippen LogP contribution in [0.2, 0.25) is 0 Å². The highest BCUT2D eigenvalue weighted by molar-refractivity contribution is 7.89. The number of nitrogens with one attached hydrogen (secondary N) is 1. The number of anilines is 1. The van der Waals surface area contributed by atoms with Crippen molar-refractivity contribution in [3.05, 3.63) is 23.8 Å². The molecule has 0 aliphatic carbocycles. The van der Waals surface area contributed by atoms with Crippen molar-refractivity contribution < 1.29 is 13.2 Å². The lowest BCUT2D eigenvalue weighted by molar-refractivity contribution is 0.0173. The summed E-state index contributed by atoms with van der Waals surface area (Å²) < 4.78 is 32.7. The van der Waals surface area contributed by atoms with E-state index in [1.807, 2.05) is 13.8 Å².